The average Bonchev–Trinajstić information content (AvgIpc) is 2.52. The first-order chi connectivity index (χ1) is 9.74. The average molecular weight is 283 g/mol. The van der Waals surface area contributed by atoms with Crippen LogP contribution in [-0.4, -0.2) is 12.0 Å². The molecule has 1 heterocycles. The summed E-state index contributed by atoms with van der Waals surface area (Å²) in [6.07, 6.45) is 1.65. The van der Waals surface area contributed by atoms with E-state index in [0.29, 0.717) is 11.7 Å². The van der Waals surface area contributed by atoms with E-state index in [1.54, 1.807) is 18.0 Å². The number of hydrogen-bond acceptors (Lipinski definition) is 4. The molecule has 1 N–H and O–H groups in total. The second kappa shape index (κ2) is 7.09. The fourth-order valence-electron chi connectivity index (χ4n) is 1.86. The number of hydrogen-bond donors (Lipinski definition) is 1. The normalized spacial score (nSPS) is 11.8. The fraction of sp³-hybridized carbons (Fsp3) is 0.250. The monoisotopic (exact) mass is 283 g/mol. The second-order valence-electron chi connectivity index (χ2n) is 4.49. The molecule has 0 radical (unpaired) electrons. The molecule has 20 heavy (non-hydrogen) atoms. The van der Waals surface area contributed by atoms with Crippen molar-refractivity contribution < 1.29 is 0 Å². The molecule has 1 unspecified atom stereocenters. The van der Waals surface area contributed by atoms with Crippen molar-refractivity contribution in [3.05, 3.63) is 59.4 Å². The summed E-state index contributed by atoms with van der Waals surface area (Å²) in [5, 5.41) is 12.3. The summed E-state index contributed by atoms with van der Waals surface area (Å²) in [5.74, 6) is 0.758. The summed E-state index contributed by atoms with van der Waals surface area (Å²) in [6, 6.07) is 14.8. The summed E-state index contributed by atoms with van der Waals surface area (Å²) in [6.45, 7) is 2.14. The lowest BCUT2D eigenvalue weighted by Crippen LogP contribution is -2.11. The Kier molecular flexibility index (Phi) is 5.16. The standard InChI is InChI=1S/C16H17N3S/c1-12(18-2)13-5-3-7-15(9-13)20-11-14-6-4-8-19-16(14)10-17/h3-9,12,18H,11H2,1-2H3. The molecule has 102 valence electrons. The van der Waals surface area contributed by atoms with Crippen molar-refractivity contribution >= 4 is 11.8 Å². The highest BCUT2D eigenvalue weighted by atomic mass is 32.2. The number of pyridine rings is 1. The SMILES string of the molecule is CNC(C)c1cccc(SCc2cccnc2C#N)c1. The summed E-state index contributed by atoms with van der Waals surface area (Å²) < 4.78 is 0. The van der Waals surface area contributed by atoms with E-state index in [1.807, 2.05) is 19.2 Å². The van der Waals surface area contributed by atoms with Gasteiger partial charge in [0.2, 0.25) is 0 Å². The van der Waals surface area contributed by atoms with Crippen LogP contribution in [0.4, 0.5) is 0 Å². The first-order valence-electron chi connectivity index (χ1n) is 6.48. The van der Waals surface area contributed by atoms with E-state index in [9.17, 15) is 0 Å². The second-order valence-corrected chi connectivity index (χ2v) is 5.54. The number of benzene rings is 1. The summed E-state index contributed by atoms with van der Waals surface area (Å²) >= 11 is 1.73. The number of nitriles is 1. The van der Waals surface area contributed by atoms with Gasteiger partial charge >= 0.3 is 0 Å². The van der Waals surface area contributed by atoms with Crippen molar-refractivity contribution in [2.75, 3.05) is 7.05 Å². The van der Waals surface area contributed by atoms with Gasteiger partial charge in [-0.25, -0.2) is 4.98 Å². The molecule has 2 aromatic rings. The molecule has 0 aliphatic carbocycles. The zero-order valence-electron chi connectivity index (χ0n) is 11.6. The summed E-state index contributed by atoms with van der Waals surface area (Å²) in [5.41, 5.74) is 2.76. The van der Waals surface area contributed by atoms with Crippen LogP contribution in [0, 0.1) is 11.3 Å². The fourth-order valence-corrected chi connectivity index (χ4v) is 2.81. The van der Waals surface area contributed by atoms with Gasteiger partial charge in [-0.05, 0) is 43.3 Å². The lowest BCUT2D eigenvalue weighted by atomic mass is 10.1. The largest absolute Gasteiger partial charge is 0.313 e. The van der Waals surface area contributed by atoms with Crippen LogP contribution in [0.1, 0.15) is 29.8 Å². The Morgan fingerprint density at radius 2 is 2.20 bits per heavy atom. The Labute approximate surface area is 124 Å². The van der Waals surface area contributed by atoms with Gasteiger partial charge in [-0.2, -0.15) is 5.26 Å². The van der Waals surface area contributed by atoms with Crippen LogP contribution in [-0.2, 0) is 5.75 Å². The van der Waals surface area contributed by atoms with Gasteiger partial charge in [-0.3, -0.25) is 0 Å². The molecule has 0 bridgehead atoms. The van der Waals surface area contributed by atoms with Crippen LogP contribution in [0.2, 0.25) is 0 Å². The zero-order valence-corrected chi connectivity index (χ0v) is 12.4. The molecule has 2 rings (SSSR count). The van der Waals surface area contributed by atoms with Crippen molar-refractivity contribution in [1.82, 2.24) is 10.3 Å². The molecule has 0 spiro atoms. The van der Waals surface area contributed by atoms with Gasteiger partial charge in [0.05, 0.1) is 0 Å². The van der Waals surface area contributed by atoms with Gasteiger partial charge in [0, 0.05) is 22.9 Å². The number of nitrogens with zero attached hydrogens (tertiary/aromatic N) is 2. The Morgan fingerprint density at radius 1 is 1.35 bits per heavy atom. The Hall–Kier alpha value is -1.83. The van der Waals surface area contributed by atoms with E-state index >= 15 is 0 Å². The highest BCUT2D eigenvalue weighted by molar-refractivity contribution is 7.98. The van der Waals surface area contributed by atoms with Gasteiger partial charge in [0.1, 0.15) is 11.8 Å². The van der Waals surface area contributed by atoms with E-state index in [4.69, 9.17) is 5.26 Å². The van der Waals surface area contributed by atoms with Crippen LogP contribution in [0.25, 0.3) is 0 Å². The predicted molar refractivity (Wildman–Crippen MR) is 82.4 cm³/mol. The van der Waals surface area contributed by atoms with E-state index in [2.05, 4.69) is 47.6 Å². The quantitative estimate of drug-likeness (QED) is 0.853. The smallest absolute Gasteiger partial charge is 0.144 e. The Balaban J connectivity index is 2.10. The van der Waals surface area contributed by atoms with Gasteiger partial charge < -0.3 is 5.32 Å². The van der Waals surface area contributed by atoms with Crippen LogP contribution in [0.3, 0.4) is 0 Å². The van der Waals surface area contributed by atoms with Crippen molar-refractivity contribution in [3.63, 3.8) is 0 Å². The molecule has 0 saturated carbocycles. The van der Waals surface area contributed by atoms with Crippen molar-refractivity contribution in [1.29, 1.82) is 5.26 Å². The molecule has 0 aliphatic heterocycles. The Morgan fingerprint density at radius 3 is 2.95 bits per heavy atom. The maximum Gasteiger partial charge on any atom is 0.144 e. The molecular weight excluding hydrogens is 266 g/mol. The van der Waals surface area contributed by atoms with E-state index in [0.717, 1.165) is 11.3 Å². The number of aromatic nitrogens is 1. The molecule has 0 fully saturated rings. The van der Waals surface area contributed by atoms with E-state index in [1.165, 1.54) is 10.5 Å². The minimum atomic E-state index is 0.337. The van der Waals surface area contributed by atoms with Gasteiger partial charge in [-0.15, -0.1) is 11.8 Å². The van der Waals surface area contributed by atoms with Crippen LogP contribution >= 0.6 is 11.8 Å². The van der Waals surface area contributed by atoms with Crippen LogP contribution in [0.5, 0.6) is 0 Å². The maximum absolute atomic E-state index is 9.03. The third kappa shape index (κ3) is 3.60. The summed E-state index contributed by atoms with van der Waals surface area (Å²) in [7, 11) is 1.96. The highest BCUT2D eigenvalue weighted by Gasteiger charge is 2.06. The molecule has 1 aromatic carbocycles. The van der Waals surface area contributed by atoms with Crippen molar-refractivity contribution in [3.8, 4) is 6.07 Å². The molecule has 0 saturated heterocycles. The first-order valence-corrected chi connectivity index (χ1v) is 7.47. The van der Waals surface area contributed by atoms with Gasteiger partial charge in [-0.1, -0.05) is 18.2 Å². The third-order valence-corrected chi connectivity index (χ3v) is 4.23. The lowest BCUT2D eigenvalue weighted by molar-refractivity contribution is 0.651. The first kappa shape index (κ1) is 14.6. The molecule has 1 atom stereocenters. The van der Waals surface area contributed by atoms with E-state index < -0.39 is 0 Å². The summed E-state index contributed by atoms with van der Waals surface area (Å²) in [4.78, 5) is 5.29. The van der Waals surface area contributed by atoms with Crippen molar-refractivity contribution in [2.45, 2.75) is 23.6 Å². The minimum absolute atomic E-state index is 0.337. The number of nitrogens with one attached hydrogen (secondary N) is 1. The molecule has 4 heteroatoms. The topological polar surface area (TPSA) is 48.7 Å². The molecule has 0 amide bonds. The molecule has 1 aromatic heterocycles. The number of rotatable bonds is 5. The Bertz CT molecular complexity index is 619. The minimum Gasteiger partial charge on any atom is -0.313 e. The van der Waals surface area contributed by atoms with Crippen molar-refractivity contribution in [2.24, 2.45) is 0 Å². The maximum atomic E-state index is 9.03. The number of thioether (sulfide) groups is 1. The van der Waals surface area contributed by atoms with E-state index in [-0.39, 0.29) is 0 Å². The zero-order chi connectivity index (χ0) is 14.4. The highest BCUT2D eigenvalue weighted by Crippen LogP contribution is 2.26. The van der Waals surface area contributed by atoms with Crippen LogP contribution in [0.15, 0.2) is 47.5 Å². The molecule has 3 nitrogen and oxygen atoms in total. The molecular formula is C16H17N3S. The van der Waals surface area contributed by atoms with Gasteiger partial charge in [0.25, 0.3) is 0 Å². The third-order valence-electron chi connectivity index (χ3n) is 3.18. The van der Waals surface area contributed by atoms with Crippen LogP contribution < -0.4 is 5.32 Å². The molecule has 0 aliphatic rings. The van der Waals surface area contributed by atoms with Gasteiger partial charge in [0.15, 0.2) is 0 Å². The predicted octanol–water partition coefficient (Wildman–Crippen LogP) is 3.53. The lowest BCUT2D eigenvalue weighted by Gasteiger charge is -2.12.